The van der Waals surface area contributed by atoms with Crippen LogP contribution >= 0.6 is 0 Å². The lowest BCUT2D eigenvalue weighted by molar-refractivity contribution is -0.145. The number of benzene rings is 2. The fourth-order valence-corrected chi connectivity index (χ4v) is 7.44. The molecule has 3 aliphatic rings. The summed E-state index contributed by atoms with van der Waals surface area (Å²) in [5, 5.41) is 14.5. The van der Waals surface area contributed by atoms with Crippen LogP contribution in [0.15, 0.2) is 60.7 Å². The van der Waals surface area contributed by atoms with Crippen molar-refractivity contribution in [2.24, 2.45) is 5.92 Å². The van der Waals surface area contributed by atoms with Crippen molar-refractivity contribution >= 4 is 5.97 Å². The van der Waals surface area contributed by atoms with Gasteiger partial charge in [0.15, 0.2) is 0 Å². The van der Waals surface area contributed by atoms with Gasteiger partial charge in [-0.15, -0.1) is 0 Å². The quantitative estimate of drug-likeness (QED) is 0.309. The molecule has 1 aromatic heterocycles. The van der Waals surface area contributed by atoms with E-state index in [0.717, 1.165) is 63.7 Å². The first-order valence-electron chi connectivity index (χ1n) is 16.4. The third kappa shape index (κ3) is 8.33. The Morgan fingerprint density at radius 1 is 0.930 bits per heavy atom. The molecule has 1 N–H and O–H groups in total. The molecule has 232 valence electrons. The first kappa shape index (κ1) is 31.4. The molecule has 2 aliphatic heterocycles. The maximum atomic E-state index is 13.4. The maximum Gasteiger partial charge on any atom is 0.321 e. The number of likely N-dealkylation sites (tertiary alicyclic amines) is 2. The predicted molar refractivity (Wildman–Crippen MR) is 170 cm³/mol. The summed E-state index contributed by atoms with van der Waals surface area (Å²) >= 11 is 0. The van der Waals surface area contributed by atoms with Crippen LogP contribution in [0.5, 0.6) is 0 Å². The highest BCUT2D eigenvalue weighted by Gasteiger charge is 2.38. The summed E-state index contributed by atoms with van der Waals surface area (Å²) < 4.78 is 15.6. The summed E-state index contributed by atoms with van der Waals surface area (Å²) in [7, 11) is 2.22. The summed E-state index contributed by atoms with van der Waals surface area (Å²) in [4.78, 5) is 16.3. The number of nitrogens with zero attached hydrogens (tertiary/aromatic N) is 4. The van der Waals surface area contributed by atoms with Gasteiger partial charge in [0.25, 0.3) is 0 Å². The number of piperidine rings is 1. The van der Waals surface area contributed by atoms with Gasteiger partial charge in [-0.1, -0.05) is 61.7 Å². The van der Waals surface area contributed by atoms with Crippen LogP contribution in [0.3, 0.4) is 0 Å². The van der Waals surface area contributed by atoms with Crippen molar-refractivity contribution in [3.63, 3.8) is 0 Å². The van der Waals surface area contributed by atoms with Gasteiger partial charge in [0.1, 0.15) is 11.9 Å². The predicted octanol–water partition coefficient (Wildman–Crippen LogP) is 6.95. The van der Waals surface area contributed by atoms with Crippen LogP contribution in [0.4, 0.5) is 4.39 Å². The molecule has 1 saturated carbocycles. The number of hydrogen-bond donors (Lipinski definition) is 1. The third-order valence-electron chi connectivity index (χ3n) is 9.81. The van der Waals surface area contributed by atoms with E-state index in [0.29, 0.717) is 5.92 Å². The van der Waals surface area contributed by atoms with Gasteiger partial charge in [-0.2, -0.15) is 5.10 Å². The van der Waals surface area contributed by atoms with Crippen LogP contribution in [0.2, 0.25) is 0 Å². The number of rotatable bonds is 8. The molecule has 2 unspecified atom stereocenters. The molecule has 0 spiro atoms. The molecule has 1 aliphatic carbocycles. The van der Waals surface area contributed by atoms with Crippen molar-refractivity contribution in [3.8, 4) is 0 Å². The average molecular weight is 589 g/mol. The third-order valence-corrected chi connectivity index (χ3v) is 9.81. The van der Waals surface area contributed by atoms with Crippen molar-refractivity contribution in [2.75, 3.05) is 33.2 Å². The lowest BCUT2D eigenvalue weighted by atomic mass is 9.83. The Hall–Kier alpha value is -3.03. The van der Waals surface area contributed by atoms with E-state index in [-0.39, 0.29) is 23.7 Å². The van der Waals surface area contributed by atoms with Crippen LogP contribution in [0.1, 0.15) is 92.6 Å². The van der Waals surface area contributed by atoms with Crippen LogP contribution in [0.25, 0.3) is 0 Å². The molecule has 7 heteroatoms. The molecule has 0 bridgehead atoms. The Kier molecular flexibility index (Phi) is 11.0. The standard InChI is InChI=1S/C18H24FNO2.C18H25N3/c19-16-8-4-7-14(11-16)15-9-10-20(12-15)17(18(21)22)13-5-2-1-3-6-13;1-3-21-18(16-9-11-20(2)12-10-16)14-17(19-21)13-15-7-5-4-6-8-15/h4,7-8,11,13,15,17H,1-3,5-6,9-10,12H2,(H,21,22);4-8,14,16H,3,9-13H2,1-2H3. The summed E-state index contributed by atoms with van der Waals surface area (Å²) in [6, 6.07) is 19.3. The Morgan fingerprint density at radius 2 is 1.65 bits per heavy atom. The van der Waals surface area contributed by atoms with E-state index >= 15 is 0 Å². The smallest absolute Gasteiger partial charge is 0.321 e. The summed E-state index contributed by atoms with van der Waals surface area (Å²) in [5.74, 6) is 0.307. The second-order valence-electron chi connectivity index (χ2n) is 12.8. The van der Waals surface area contributed by atoms with E-state index in [4.69, 9.17) is 5.10 Å². The molecule has 6 rings (SSSR count). The summed E-state index contributed by atoms with van der Waals surface area (Å²) in [6.07, 6.45) is 9.95. The number of aromatic nitrogens is 2. The molecule has 2 saturated heterocycles. The number of halogens is 1. The molecule has 2 atom stereocenters. The van der Waals surface area contributed by atoms with Gasteiger partial charge in [0.05, 0.1) is 5.69 Å². The number of aryl methyl sites for hydroxylation is 1. The molecule has 6 nitrogen and oxygen atoms in total. The minimum atomic E-state index is -0.688. The number of carboxylic acid groups (broad SMARTS) is 1. The van der Waals surface area contributed by atoms with Crippen LogP contribution in [-0.2, 0) is 17.8 Å². The number of carboxylic acids is 1. The Bertz CT molecular complexity index is 1300. The minimum absolute atomic E-state index is 0.210. The van der Waals surface area contributed by atoms with E-state index in [2.05, 4.69) is 64.9 Å². The topological polar surface area (TPSA) is 61.6 Å². The molecule has 43 heavy (non-hydrogen) atoms. The highest BCUT2D eigenvalue weighted by atomic mass is 19.1. The summed E-state index contributed by atoms with van der Waals surface area (Å²) in [6.45, 7) is 7.10. The second-order valence-corrected chi connectivity index (χ2v) is 12.8. The fourth-order valence-electron chi connectivity index (χ4n) is 7.44. The van der Waals surface area contributed by atoms with Crippen LogP contribution in [0, 0.1) is 11.7 Å². The molecule has 3 aromatic rings. The van der Waals surface area contributed by atoms with Gasteiger partial charge >= 0.3 is 5.97 Å². The van der Waals surface area contributed by atoms with Gasteiger partial charge in [0.2, 0.25) is 0 Å². The van der Waals surface area contributed by atoms with Crippen molar-refractivity contribution < 1.29 is 14.3 Å². The Labute approximate surface area is 256 Å². The minimum Gasteiger partial charge on any atom is -0.480 e. The highest BCUT2D eigenvalue weighted by molar-refractivity contribution is 5.74. The number of hydrogen-bond acceptors (Lipinski definition) is 4. The van der Waals surface area contributed by atoms with Crippen molar-refractivity contribution in [2.45, 2.75) is 89.1 Å². The molecule has 2 aromatic carbocycles. The van der Waals surface area contributed by atoms with E-state index in [1.54, 1.807) is 12.1 Å². The SMILES string of the molecule is CCn1nc(Cc2ccccc2)cc1C1CCN(C)CC1.O=C(O)C(C1CCCCC1)N1CCC(c2cccc(F)c2)C1. The van der Waals surface area contributed by atoms with E-state index < -0.39 is 5.97 Å². The van der Waals surface area contributed by atoms with Gasteiger partial charge < -0.3 is 10.0 Å². The number of carbonyl (C=O) groups is 1. The van der Waals surface area contributed by atoms with Gasteiger partial charge in [-0.3, -0.25) is 14.4 Å². The van der Waals surface area contributed by atoms with Crippen LogP contribution in [-0.4, -0.2) is 69.9 Å². The first-order chi connectivity index (χ1) is 20.9. The van der Waals surface area contributed by atoms with Crippen molar-refractivity contribution in [1.82, 2.24) is 19.6 Å². The van der Waals surface area contributed by atoms with E-state index in [9.17, 15) is 14.3 Å². The first-order valence-corrected chi connectivity index (χ1v) is 16.4. The highest BCUT2D eigenvalue weighted by Crippen LogP contribution is 2.35. The number of aliphatic carboxylic acids is 1. The van der Waals surface area contributed by atoms with E-state index in [1.165, 1.54) is 55.4 Å². The normalized spacial score (nSPS) is 21.3. The van der Waals surface area contributed by atoms with Gasteiger partial charge in [-0.05, 0) is 107 Å². The van der Waals surface area contributed by atoms with Gasteiger partial charge in [0, 0.05) is 31.1 Å². The monoisotopic (exact) mass is 588 g/mol. The molecule has 3 fully saturated rings. The molecular formula is C36H49FN4O2. The largest absolute Gasteiger partial charge is 0.480 e. The lowest BCUT2D eigenvalue weighted by Crippen LogP contribution is -2.45. The van der Waals surface area contributed by atoms with Crippen molar-refractivity contribution in [1.29, 1.82) is 0 Å². The average Bonchev–Trinajstić information content (AvgIpc) is 3.67. The molecule has 3 heterocycles. The second kappa shape index (κ2) is 15.1. The van der Waals surface area contributed by atoms with Gasteiger partial charge in [-0.25, -0.2) is 4.39 Å². The molecule has 0 radical (unpaired) electrons. The zero-order valence-corrected chi connectivity index (χ0v) is 26.0. The Balaban J connectivity index is 0.000000171. The Morgan fingerprint density at radius 3 is 2.33 bits per heavy atom. The lowest BCUT2D eigenvalue weighted by Gasteiger charge is -2.33. The summed E-state index contributed by atoms with van der Waals surface area (Å²) in [5.41, 5.74) is 4.98. The maximum absolute atomic E-state index is 13.4. The van der Waals surface area contributed by atoms with Crippen LogP contribution < -0.4 is 0 Å². The zero-order chi connectivity index (χ0) is 30.2. The molecule has 0 amide bonds. The fraction of sp³-hybridized carbons (Fsp3) is 0.556. The van der Waals surface area contributed by atoms with E-state index in [1.807, 2.05) is 6.07 Å². The zero-order valence-electron chi connectivity index (χ0n) is 26.0. The van der Waals surface area contributed by atoms with Crippen molar-refractivity contribution in [3.05, 3.63) is 89.0 Å². The molecular weight excluding hydrogens is 539 g/mol.